The van der Waals surface area contributed by atoms with Crippen molar-refractivity contribution in [2.75, 3.05) is 26.3 Å². The molecule has 0 radical (unpaired) electrons. The highest BCUT2D eigenvalue weighted by atomic mass is 16.6. The summed E-state index contributed by atoms with van der Waals surface area (Å²) >= 11 is 0. The lowest BCUT2D eigenvalue weighted by Crippen LogP contribution is -2.44. The average molecular weight is 332 g/mol. The Morgan fingerprint density at radius 1 is 1.12 bits per heavy atom. The van der Waals surface area contributed by atoms with Crippen LogP contribution in [0.25, 0.3) is 0 Å². The number of carbonyl (C=O) groups is 1. The third-order valence-electron chi connectivity index (χ3n) is 5.16. The number of amides is 1. The Morgan fingerprint density at radius 2 is 1.83 bits per heavy atom. The summed E-state index contributed by atoms with van der Waals surface area (Å²) < 4.78 is 11.1. The van der Waals surface area contributed by atoms with Crippen LogP contribution in [0.5, 0.6) is 0 Å². The minimum absolute atomic E-state index is 0.123. The fraction of sp³-hybridized carbons (Fsp3) is 0.611. The molecular weight excluding hydrogens is 308 g/mol. The Labute approximate surface area is 141 Å². The summed E-state index contributed by atoms with van der Waals surface area (Å²) in [6, 6.07) is 7.59. The predicted molar refractivity (Wildman–Crippen MR) is 87.7 cm³/mol. The molecule has 0 aromatic heterocycles. The Bertz CT molecular complexity index is 585. The fourth-order valence-corrected chi connectivity index (χ4v) is 3.81. The van der Waals surface area contributed by atoms with Gasteiger partial charge < -0.3 is 19.9 Å². The highest BCUT2D eigenvalue weighted by Crippen LogP contribution is 2.27. The predicted octanol–water partition coefficient (Wildman–Crippen LogP) is 0.539. The number of fused-ring (bicyclic) bond motifs is 1. The zero-order valence-corrected chi connectivity index (χ0v) is 13.7. The van der Waals surface area contributed by atoms with Crippen LogP contribution < -0.4 is 5.32 Å². The van der Waals surface area contributed by atoms with Crippen molar-refractivity contribution in [1.82, 2.24) is 10.2 Å². The Morgan fingerprint density at radius 3 is 2.58 bits per heavy atom. The molecule has 0 bridgehead atoms. The normalized spacial score (nSPS) is 32.9. The van der Waals surface area contributed by atoms with Crippen molar-refractivity contribution in [1.29, 1.82) is 0 Å². The smallest absolute Gasteiger partial charge is 0.251 e. The number of ether oxygens (including phenoxy) is 2. The van der Waals surface area contributed by atoms with Gasteiger partial charge in [0.15, 0.2) is 0 Å². The first-order valence-corrected chi connectivity index (χ1v) is 8.74. The van der Waals surface area contributed by atoms with E-state index in [0.29, 0.717) is 12.2 Å². The highest BCUT2D eigenvalue weighted by Gasteiger charge is 2.47. The van der Waals surface area contributed by atoms with E-state index in [0.717, 1.165) is 6.54 Å². The number of nitrogens with zero attached hydrogens (tertiary/aromatic N) is 1. The lowest BCUT2D eigenvalue weighted by molar-refractivity contribution is 0.0178. The first-order chi connectivity index (χ1) is 11.7. The van der Waals surface area contributed by atoms with Crippen molar-refractivity contribution in [3.63, 3.8) is 0 Å². The molecule has 3 heterocycles. The van der Waals surface area contributed by atoms with Gasteiger partial charge in [-0.2, -0.15) is 0 Å². The van der Waals surface area contributed by atoms with Crippen LogP contribution in [0.2, 0.25) is 0 Å². The second-order valence-corrected chi connectivity index (χ2v) is 6.92. The van der Waals surface area contributed by atoms with Gasteiger partial charge in [-0.05, 0) is 43.6 Å². The zero-order valence-electron chi connectivity index (χ0n) is 13.7. The van der Waals surface area contributed by atoms with Crippen LogP contribution in [-0.2, 0) is 16.0 Å². The van der Waals surface area contributed by atoms with Gasteiger partial charge in [-0.3, -0.25) is 9.69 Å². The van der Waals surface area contributed by atoms with Crippen LogP contribution in [0.1, 0.15) is 28.8 Å². The van der Waals surface area contributed by atoms with E-state index in [9.17, 15) is 9.90 Å². The maximum absolute atomic E-state index is 12.4. The molecule has 4 rings (SSSR count). The van der Waals surface area contributed by atoms with E-state index in [1.807, 2.05) is 24.3 Å². The Kier molecular flexibility index (Phi) is 4.54. The van der Waals surface area contributed by atoms with E-state index < -0.39 is 6.10 Å². The summed E-state index contributed by atoms with van der Waals surface area (Å²) in [5.74, 6) is -0.123. The molecule has 24 heavy (non-hydrogen) atoms. The second kappa shape index (κ2) is 6.80. The molecule has 3 aliphatic heterocycles. The molecule has 3 aliphatic rings. The van der Waals surface area contributed by atoms with Crippen molar-refractivity contribution in [3.8, 4) is 0 Å². The van der Waals surface area contributed by atoms with E-state index in [1.54, 1.807) is 0 Å². The quantitative estimate of drug-likeness (QED) is 0.842. The molecule has 2 N–H and O–H groups in total. The minimum Gasteiger partial charge on any atom is -0.388 e. The molecule has 0 unspecified atom stereocenters. The van der Waals surface area contributed by atoms with E-state index in [1.165, 1.54) is 31.5 Å². The minimum atomic E-state index is -0.596. The second-order valence-electron chi connectivity index (χ2n) is 6.92. The van der Waals surface area contributed by atoms with E-state index in [4.69, 9.17) is 9.47 Å². The van der Waals surface area contributed by atoms with Gasteiger partial charge >= 0.3 is 0 Å². The molecule has 130 valence electrons. The van der Waals surface area contributed by atoms with Crippen LogP contribution in [0.15, 0.2) is 24.3 Å². The molecule has 1 aromatic carbocycles. The molecule has 1 amide bonds. The number of aliphatic hydroxyl groups is 1. The molecule has 6 heteroatoms. The first kappa shape index (κ1) is 16.0. The summed E-state index contributed by atoms with van der Waals surface area (Å²) in [5, 5.41) is 12.7. The Hall–Kier alpha value is -1.47. The summed E-state index contributed by atoms with van der Waals surface area (Å²) in [4.78, 5) is 14.9. The van der Waals surface area contributed by atoms with E-state index >= 15 is 0 Å². The average Bonchev–Trinajstić information content (AvgIpc) is 3.30. The molecule has 3 fully saturated rings. The topological polar surface area (TPSA) is 71.0 Å². The monoisotopic (exact) mass is 332 g/mol. The van der Waals surface area contributed by atoms with Crippen molar-refractivity contribution in [2.24, 2.45) is 0 Å². The summed E-state index contributed by atoms with van der Waals surface area (Å²) in [5.41, 5.74) is 1.88. The van der Waals surface area contributed by atoms with Crippen molar-refractivity contribution >= 4 is 5.91 Å². The molecule has 6 nitrogen and oxygen atoms in total. The maximum atomic E-state index is 12.4. The van der Waals surface area contributed by atoms with Gasteiger partial charge in [0.05, 0.1) is 19.3 Å². The van der Waals surface area contributed by atoms with Crippen LogP contribution >= 0.6 is 0 Å². The number of nitrogens with one attached hydrogen (secondary N) is 1. The standard InChI is InChI=1S/C18H24N2O4/c21-15-11-24-16-14(10-23-17(15)16)19-18(22)13-5-3-12(4-6-13)9-20-7-1-2-8-20/h3-6,14-17,21H,1-2,7-11H2,(H,19,22)/t14-,15-,16+,17+/m0/s1. The molecule has 1 aromatic rings. The Balaban J connectivity index is 1.34. The molecule has 0 spiro atoms. The molecule has 4 atom stereocenters. The summed E-state index contributed by atoms with van der Waals surface area (Å²) in [6.07, 6.45) is 1.39. The van der Waals surface area contributed by atoms with Gasteiger partial charge in [0.2, 0.25) is 0 Å². The first-order valence-electron chi connectivity index (χ1n) is 8.74. The summed E-state index contributed by atoms with van der Waals surface area (Å²) in [7, 11) is 0. The van der Waals surface area contributed by atoms with Gasteiger partial charge in [0.1, 0.15) is 18.3 Å². The number of carbonyl (C=O) groups excluding carboxylic acids is 1. The highest BCUT2D eigenvalue weighted by molar-refractivity contribution is 5.94. The van der Waals surface area contributed by atoms with Gasteiger partial charge in [-0.1, -0.05) is 12.1 Å². The fourth-order valence-electron chi connectivity index (χ4n) is 3.81. The van der Waals surface area contributed by atoms with E-state index in [-0.39, 0.29) is 30.8 Å². The lowest BCUT2D eigenvalue weighted by atomic mass is 10.1. The molecular formula is C18H24N2O4. The number of rotatable bonds is 4. The SMILES string of the molecule is O=C(N[C@H]1CO[C@H]2[C@@H]1OC[C@@H]2O)c1ccc(CN2CCCC2)cc1. The van der Waals surface area contributed by atoms with Crippen molar-refractivity contribution in [3.05, 3.63) is 35.4 Å². The molecule has 3 saturated heterocycles. The molecule has 0 saturated carbocycles. The van der Waals surface area contributed by atoms with Crippen molar-refractivity contribution in [2.45, 2.75) is 43.7 Å². The summed E-state index contributed by atoms with van der Waals surface area (Å²) in [6.45, 7) is 3.93. The van der Waals surface area contributed by atoms with Crippen LogP contribution in [-0.4, -0.2) is 66.6 Å². The molecule has 0 aliphatic carbocycles. The van der Waals surface area contributed by atoms with Crippen LogP contribution in [0.3, 0.4) is 0 Å². The van der Waals surface area contributed by atoms with Gasteiger partial charge in [-0.25, -0.2) is 0 Å². The van der Waals surface area contributed by atoms with Crippen LogP contribution in [0, 0.1) is 0 Å². The van der Waals surface area contributed by atoms with Gasteiger partial charge in [-0.15, -0.1) is 0 Å². The van der Waals surface area contributed by atoms with Gasteiger partial charge in [0, 0.05) is 12.1 Å². The number of likely N-dealkylation sites (tertiary alicyclic amines) is 1. The lowest BCUT2D eigenvalue weighted by Gasteiger charge is -2.18. The maximum Gasteiger partial charge on any atom is 0.251 e. The number of hydrogen-bond donors (Lipinski definition) is 2. The van der Waals surface area contributed by atoms with Crippen molar-refractivity contribution < 1.29 is 19.4 Å². The van der Waals surface area contributed by atoms with Crippen LogP contribution in [0.4, 0.5) is 0 Å². The number of hydrogen-bond acceptors (Lipinski definition) is 5. The largest absolute Gasteiger partial charge is 0.388 e. The number of benzene rings is 1. The third kappa shape index (κ3) is 3.19. The van der Waals surface area contributed by atoms with Gasteiger partial charge in [0.25, 0.3) is 5.91 Å². The zero-order chi connectivity index (χ0) is 16.5. The van der Waals surface area contributed by atoms with E-state index in [2.05, 4.69) is 10.2 Å². The number of aliphatic hydroxyl groups excluding tert-OH is 1. The third-order valence-corrected chi connectivity index (χ3v) is 5.16.